The molecule has 1 aliphatic carbocycles. The fourth-order valence-corrected chi connectivity index (χ4v) is 1.85. The second-order valence-electron chi connectivity index (χ2n) is 3.88. The molecule has 19 heavy (non-hydrogen) atoms. The Bertz CT molecular complexity index is 609. The van der Waals surface area contributed by atoms with Crippen LogP contribution < -0.4 is 9.47 Å². The molecule has 0 amide bonds. The number of ether oxygens (including phenoxy) is 2. The van der Waals surface area contributed by atoms with E-state index in [-0.39, 0.29) is 0 Å². The maximum absolute atomic E-state index is 8.94. The largest absolute Gasteiger partial charge is 0.497 e. The molecule has 0 atom stereocenters. The number of nitrogens with zero attached hydrogens (tertiary/aromatic N) is 1. The van der Waals surface area contributed by atoms with E-state index in [1.165, 1.54) is 0 Å². The molecular weight excluding hydrogens is 262 g/mol. The Labute approximate surface area is 117 Å². The average Bonchev–Trinajstić information content (AvgIpc) is 2.63. The molecule has 0 spiro atoms. The molecule has 1 aromatic carbocycles. The Kier molecular flexibility index (Phi) is 4.27. The van der Waals surface area contributed by atoms with Crippen LogP contribution in [0.4, 0.5) is 0 Å². The SMILES string of the molecule is COc1cc(Cl)cc(OC2=CC(C#N)=CCC=C2)c1. The first-order valence-corrected chi connectivity index (χ1v) is 6.10. The lowest BCUT2D eigenvalue weighted by Gasteiger charge is -2.08. The maximum Gasteiger partial charge on any atom is 0.132 e. The molecule has 0 heterocycles. The van der Waals surface area contributed by atoms with E-state index >= 15 is 0 Å². The lowest BCUT2D eigenvalue weighted by molar-refractivity contribution is 0.404. The van der Waals surface area contributed by atoms with Crippen molar-refractivity contribution in [2.45, 2.75) is 6.42 Å². The highest BCUT2D eigenvalue weighted by atomic mass is 35.5. The van der Waals surface area contributed by atoms with Crippen LogP contribution in [0.25, 0.3) is 0 Å². The van der Waals surface area contributed by atoms with Gasteiger partial charge in [0.05, 0.1) is 18.8 Å². The van der Waals surface area contributed by atoms with Crippen molar-refractivity contribution >= 4 is 11.6 Å². The Hall–Kier alpha value is -2.18. The average molecular weight is 274 g/mol. The molecule has 0 fully saturated rings. The van der Waals surface area contributed by atoms with Crippen molar-refractivity contribution in [3.05, 3.63) is 58.9 Å². The lowest BCUT2D eigenvalue weighted by Crippen LogP contribution is -1.93. The zero-order valence-corrected chi connectivity index (χ0v) is 11.1. The summed E-state index contributed by atoms with van der Waals surface area (Å²) < 4.78 is 10.8. The zero-order valence-electron chi connectivity index (χ0n) is 10.4. The van der Waals surface area contributed by atoms with Gasteiger partial charge < -0.3 is 9.47 Å². The van der Waals surface area contributed by atoms with E-state index < -0.39 is 0 Å². The molecule has 0 saturated carbocycles. The third-order valence-corrected chi connectivity index (χ3v) is 2.72. The van der Waals surface area contributed by atoms with Gasteiger partial charge in [0.25, 0.3) is 0 Å². The third kappa shape index (κ3) is 3.64. The van der Waals surface area contributed by atoms with Crippen molar-refractivity contribution < 1.29 is 9.47 Å². The monoisotopic (exact) mass is 273 g/mol. The van der Waals surface area contributed by atoms with Crippen LogP contribution in [-0.2, 0) is 0 Å². The van der Waals surface area contributed by atoms with E-state index in [0.29, 0.717) is 34.3 Å². The second-order valence-corrected chi connectivity index (χ2v) is 4.32. The topological polar surface area (TPSA) is 42.2 Å². The van der Waals surface area contributed by atoms with Crippen molar-refractivity contribution in [2.24, 2.45) is 0 Å². The number of hydrogen-bond acceptors (Lipinski definition) is 3. The van der Waals surface area contributed by atoms with Crippen LogP contribution in [0.5, 0.6) is 11.5 Å². The fourth-order valence-electron chi connectivity index (χ4n) is 1.63. The first-order chi connectivity index (χ1) is 9.21. The van der Waals surface area contributed by atoms with Gasteiger partial charge in [0.2, 0.25) is 0 Å². The van der Waals surface area contributed by atoms with Crippen LogP contribution in [0.15, 0.2) is 53.8 Å². The van der Waals surface area contributed by atoms with E-state index in [2.05, 4.69) is 6.07 Å². The smallest absolute Gasteiger partial charge is 0.132 e. The fraction of sp³-hybridized carbons (Fsp3) is 0.133. The number of benzene rings is 1. The van der Waals surface area contributed by atoms with Gasteiger partial charge in [-0.1, -0.05) is 23.8 Å². The summed E-state index contributed by atoms with van der Waals surface area (Å²) in [7, 11) is 1.57. The summed E-state index contributed by atoms with van der Waals surface area (Å²) in [5, 5.41) is 9.47. The van der Waals surface area contributed by atoms with Gasteiger partial charge in [-0.15, -0.1) is 0 Å². The quantitative estimate of drug-likeness (QED) is 0.835. The number of nitriles is 1. The minimum atomic E-state index is 0.531. The molecule has 96 valence electrons. The molecule has 0 N–H and O–H groups in total. The van der Waals surface area contributed by atoms with Crippen LogP contribution >= 0.6 is 11.6 Å². The van der Waals surface area contributed by atoms with Gasteiger partial charge >= 0.3 is 0 Å². The van der Waals surface area contributed by atoms with Crippen molar-refractivity contribution in [1.29, 1.82) is 5.26 Å². The molecule has 2 rings (SSSR count). The standard InChI is InChI=1S/C15H12ClNO2/c1-18-14-7-12(16)8-15(9-14)19-13-5-3-2-4-11(6-13)10-17/h3-9H,2H2,1H3. The Morgan fingerprint density at radius 3 is 2.79 bits per heavy atom. The molecule has 0 unspecified atom stereocenters. The maximum atomic E-state index is 8.94. The Balaban J connectivity index is 2.26. The summed E-state index contributed by atoms with van der Waals surface area (Å²) in [6.07, 6.45) is 8.00. The summed E-state index contributed by atoms with van der Waals surface area (Å²) in [5.74, 6) is 1.78. The van der Waals surface area contributed by atoms with Crippen LogP contribution in [0.2, 0.25) is 5.02 Å². The van der Waals surface area contributed by atoms with E-state index in [0.717, 1.165) is 0 Å². The van der Waals surface area contributed by atoms with Crippen LogP contribution in [-0.4, -0.2) is 7.11 Å². The highest BCUT2D eigenvalue weighted by Crippen LogP contribution is 2.27. The molecule has 1 aliphatic rings. The van der Waals surface area contributed by atoms with Gasteiger partial charge in [-0.25, -0.2) is 0 Å². The van der Waals surface area contributed by atoms with Gasteiger partial charge in [-0.05, 0) is 30.7 Å². The van der Waals surface area contributed by atoms with Crippen LogP contribution in [0.1, 0.15) is 6.42 Å². The first kappa shape index (κ1) is 13.3. The number of allylic oxidation sites excluding steroid dienone is 5. The second kappa shape index (κ2) is 6.12. The van der Waals surface area contributed by atoms with Crippen molar-refractivity contribution in [2.75, 3.05) is 7.11 Å². The zero-order chi connectivity index (χ0) is 13.7. The summed E-state index contributed by atoms with van der Waals surface area (Å²) in [5.41, 5.74) is 0.578. The van der Waals surface area contributed by atoms with Gasteiger partial charge in [0.15, 0.2) is 0 Å². The minimum Gasteiger partial charge on any atom is -0.497 e. The predicted octanol–water partition coefficient (Wildman–Crippen LogP) is 4.02. The number of methoxy groups -OCH3 is 1. The summed E-state index contributed by atoms with van der Waals surface area (Å²) >= 11 is 5.97. The van der Waals surface area contributed by atoms with E-state index in [1.54, 1.807) is 31.4 Å². The number of halogens is 1. The molecule has 0 aliphatic heterocycles. The Morgan fingerprint density at radius 2 is 2.05 bits per heavy atom. The highest BCUT2D eigenvalue weighted by Gasteiger charge is 2.05. The lowest BCUT2D eigenvalue weighted by atomic mass is 10.2. The third-order valence-electron chi connectivity index (χ3n) is 2.50. The number of hydrogen-bond donors (Lipinski definition) is 0. The molecule has 1 aromatic rings. The molecule has 3 nitrogen and oxygen atoms in total. The molecule has 0 saturated heterocycles. The minimum absolute atomic E-state index is 0.531. The highest BCUT2D eigenvalue weighted by molar-refractivity contribution is 6.30. The molecular formula is C15H12ClNO2. The van der Waals surface area contributed by atoms with E-state index in [9.17, 15) is 0 Å². The van der Waals surface area contributed by atoms with Gasteiger partial charge in [-0.2, -0.15) is 5.26 Å². The van der Waals surface area contributed by atoms with Crippen molar-refractivity contribution in [3.8, 4) is 17.6 Å². The van der Waals surface area contributed by atoms with Gasteiger partial charge in [0, 0.05) is 11.1 Å². The molecule has 0 bridgehead atoms. The van der Waals surface area contributed by atoms with E-state index in [4.69, 9.17) is 26.3 Å². The van der Waals surface area contributed by atoms with Crippen molar-refractivity contribution in [1.82, 2.24) is 0 Å². The summed E-state index contributed by atoms with van der Waals surface area (Å²) in [4.78, 5) is 0. The molecule has 0 radical (unpaired) electrons. The Morgan fingerprint density at radius 1 is 1.26 bits per heavy atom. The molecule has 0 aromatic heterocycles. The van der Waals surface area contributed by atoms with E-state index in [1.807, 2.05) is 18.2 Å². The predicted molar refractivity (Wildman–Crippen MR) is 74.2 cm³/mol. The summed E-state index contributed by atoms with van der Waals surface area (Å²) in [6, 6.07) is 7.24. The normalized spacial score (nSPS) is 13.9. The first-order valence-electron chi connectivity index (χ1n) is 5.72. The number of rotatable bonds is 3. The van der Waals surface area contributed by atoms with Crippen LogP contribution in [0.3, 0.4) is 0 Å². The van der Waals surface area contributed by atoms with Gasteiger partial charge in [0.1, 0.15) is 17.3 Å². The summed E-state index contributed by atoms with van der Waals surface area (Å²) in [6.45, 7) is 0. The van der Waals surface area contributed by atoms with Crippen molar-refractivity contribution in [3.63, 3.8) is 0 Å². The van der Waals surface area contributed by atoms with Gasteiger partial charge in [-0.3, -0.25) is 0 Å². The molecule has 4 heteroatoms. The van der Waals surface area contributed by atoms with Crippen LogP contribution in [0, 0.1) is 11.3 Å².